The lowest BCUT2D eigenvalue weighted by Crippen LogP contribution is -2.19. The van der Waals surface area contributed by atoms with Gasteiger partial charge >= 0.3 is 0 Å². The molecule has 0 fully saturated rings. The van der Waals surface area contributed by atoms with Crippen molar-refractivity contribution in [3.8, 4) is 11.5 Å². The number of ether oxygens (including phenoxy) is 1. The van der Waals surface area contributed by atoms with Crippen molar-refractivity contribution >= 4 is 40.7 Å². The highest BCUT2D eigenvalue weighted by Gasteiger charge is 2.16. The Labute approximate surface area is 162 Å². The third-order valence-corrected chi connectivity index (χ3v) is 4.34. The first-order chi connectivity index (χ1) is 13.5. The van der Waals surface area contributed by atoms with Gasteiger partial charge in [-0.15, -0.1) is 0 Å². The van der Waals surface area contributed by atoms with E-state index in [0.29, 0.717) is 16.3 Å². The topological polar surface area (TPSA) is 140 Å². The van der Waals surface area contributed by atoms with Crippen molar-refractivity contribution < 1.29 is 24.0 Å². The second-order valence-electron chi connectivity index (χ2n) is 5.37. The van der Waals surface area contributed by atoms with E-state index in [2.05, 4.69) is 15.5 Å². The molecule has 0 unspecified atom stereocenters. The van der Waals surface area contributed by atoms with Gasteiger partial charge in [0.25, 0.3) is 16.8 Å². The number of nitrogens with one attached hydrogen (secondary N) is 1. The van der Waals surface area contributed by atoms with Crippen molar-refractivity contribution in [3.63, 3.8) is 0 Å². The molecule has 0 spiro atoms. The third-order valence-electron chi connectivity index (χ3n) is 3.51. The molecule has 3 aromatic rings. The Kier molecular flexibility index (Phi) is 5.75. The summed E-state index contributed by atoms with van der Waals surface area (Å²) in [6.07, 6.45) is 1.09. The molecule has 28 heavy (non-hydrogen) atoms. The van der Waals surface area contributed by atoms with Crippen molar-refractivity contribution in [1.29, 1.82) is 0 Å². The predicted octanol–water partition coefficient (Wildman–Crippen LogP) is 2.69. The van der Waals surface area contributed by atoms with Crippen LogP contribution in [0.1, 0.15) is 5.56 Å². The zero-order valence-electron chi connectivity index (χ0n) is 14.5. The first kappa shape index (κ1) is 19.2. The van der Waals surface area contributed by atoms with Gasteiger partial charge in [-0.25, -0.2) is 10.4 Å². The normalized spacial score (nSPS) is 11.0. The van der Waals surface area contributed by atoms with E-state index in [4.69, 9.17) is 9.15 Å². The summed E-state index contributed by atoms with van der Waals surface area (Å²) in [4.78, 5) is 26.4. The number of methoxy groups -OCH3 is 1. The zero-order valence-corrected chi connectivity index (χ0v) is 15.3. The number of nitro benzene ring substituents is 1. The van der Waals surface area contributed by atoms with Crippen molar-refractivity contribution in [2.24, 2.45) is 5.10 Å². The summed E-state index contributed by atoms with van der Waals surface area (Å²) in [5, 5.41) is 25.0. The average molecular weight is 402 g/mol. The lowest BCUT2D eigenvalue weighted by molar-refractivity contribution is -0.385. The number of oxazole rings is 1. The van der Waals surface area contributed by atoms with Crippen molar-refractivity contribution in [2.45, 2.75) is 5.22 Å². The maximum atomic E-state index is 11.9. The summed E-state index contributed by atoms with van der Waals surface area (Å²) in [5.41, 5.74) is 3.33. The molecule has 10 nitrogen and oxygen atoms in total. The van der Waals surface area contributed by atoms with Crippen LogP contribution in [-0.2, 0) is 4.79 Å². The second kappa shape index (κ2) is 8.39. The molecule has 0 aliphatic rings. The van der Waals surface area contributed by atoms with E-state index in [-0.39, 0.29) is 28.5 Å². The van der Waals surface area contributed by atoms with Crippen LogP contribution in [0.3, 0.4) is 0 Å². The molecule has 2 N–H and O–H groups in total. The van der Waals surface area contributed by atoms with Crippen molar-refractivity contribution in [2.75, 3.05) is 12.9 Å². The molecule has 1 amide bonds. The minimum absolute atomic E-state index is 0.00555. The largest absolute Gasteiger partial charge is 0.504 e. The number of nitrogens with zero attached hydrogens (tertiary/aromatic N) is 3. The maximum Gasteiger partial charge on any atom is 0.274 e. The molecule has 11 heteroatoms. The van der Waals surface area contributed by atoms with Crippen LogP contribution in [0.4, 0.5) is 5.69 Å². The smallest absolute Gasteiger partial charge is 0.274 e. The molecule has 1 heterocycles. The molecule has 3 rings (SSSR count). The van der Waals surface area contributed by atoms with Crippen LogP contribution in [0, 0.1) is 10.1 Å². The minimum atomic E-state index is -0.630. The van der Waals surface area contributed by atoms with E-state index in [1.165, 1.54) is 7.11 Å². The van der Waals surface area contributed by atoms with Crippen molar-refractivity contribution in [1.82, 2.24) is 10.4 Å². The van der Waals surface area contributed by atoms with Gasteiger partial charge in [0.05, 0.1) is 30.1 Å². The molecule has 0 aliphatic heterocycles. The van der Waals surface area contributed by atoms with Gasteiger partial charge in [0.1, 0.15) is 5.52 Å². The number of para-hydroxylation sites is 2. The van der Waals surface area contributed by atoms with Crippen LogP contribution in [-0.4, -0.2) is 40.0 Å². The van der Waals surface area contributed by atoms with Crippen LogP contribution < -0.4 is 10.2 Å². The van der Waals surface area contributed by atoms with Crippen molar-refractivity contribution in [3.05, 3.63) is 52.1 Å². The molecule has 2 aromatic carbocycles. The summed E-state index contributed by atoms with van der Waals surface area (Å²) in [7, 11) is 1.27. The Morgan fingerprint density at radius 1 is 1.46 bits per heavy atom. The second-order valence-corrected chi connectivity index (χ2v) is 6.30. The summed E-state index contributed by atoms with van der Waals surface area (Å²) in [5.74, 6) is -0.852. The number of carbonyl (C=O) groups is 1. The molecular weight excluding hydrogens is 388 g/mol. The van der Waals surface area contributed by atoms with Gasteiger partial charge in [0, 0.05) is 11.6 Å². The number of phenolic OH excluding ortho intramolecular Hbond substituents is 1. The van der Waals surface area contributed by atoms with E-state index in [1.807, 2.05) is 12.1 Å². The number of hydrazone groups is 1. The summed E-state index contributed by atoms with van der Waals surface area (Å²) >= 11 is 1.09. The number of fused-ring (bicyclic) bond motifs is 1. The van der Waals surface area contributed by atoms with Gasteiger partial charge in [0.15, 0.2) is 17.1 Å². The molecule has 1 aromatic heterocycles. The quantitative estimate of drug-likeness (QED) is 0.266. The van der Waals surface area contributed by atoms with Gasteiger partial charge in [-0.05, 0) is 12.1 Å². The number of benzene rings is 2. The molecule has 0 radical (unpaired) electrons. The van der Waals surface area contributed by atoms with E-state index in [1.54, 1.807) is 12.1 Å². The molecule has 0 atom stereocenters. The highest BCUT2D eigenvalue weighted by atomic mass is 32.2. The molecule has 0 bridgehead atoms. The van der Waals surface area contributed by atoms with E-state index in [0.717, 1.165) is 30.1 Å². The number of rotatable bonds is 7. The van der Waals surface area contributed by atoms with Crippen LogP contribution >= 0.6 is 11.8 Å². The van der Waals surface area contributed by atoms with E-state index >= 15 is 0 Å². The van der Waals surface area contributed by atoms with E-state index < -0.39 is 10.8 Å². The lowest BCUT2D eigenvalue weighted by Gasteiger charge is -2.05. The van der Waals surface area contributed by atoms with Gasteiger partial charge < -0.3 is 14.3 Å². The van der Waals surface area contributed by atoms with Crippen LogP contribution in [0.2, 0.25) is 0 Å². The van der Waals surface area contributed by atoms with E-state index in [9.17, 15) is 20.0 Å². The molecule has 144 valence electrons. The number of phenols is 1. The minimum Gasteiger partial charge on any atom is -0.504 e. The standard InChI is InChI=1S/C17H14N4O6S/c1-26-14-7-11(21(24)25)6-10(16(14)23)8-18-20-15(22)9-28-17-19-12-4-2-3-5-13(12)27-17/h2-8,23H,9H2,1H3,(H,20,22). The maximum absolute atomic E-state index is 11.9. The first-order valence-electron chi connectivity index (χ1n) is 7.83. The summed E-state index contributed by atoms with van der Waals surface area (Å²) in [6.45, 7) is 0. The monoisotopic (exact) mass is 402 g/mol. The van der Waals surface area contributed by atoms with Gasteiger partial charge in [-0.3, -0.25) is 14.9 Å². The van der Waals surface area contributed by atoms with Crippen LogP contribution in [0.25, 0.3) is 11.1 Å². The number of non-ortho nitro benzene ring substituents is 1. The number of nitro groups is 1. The Morgan fingerprint density at radius 3 is 2.96 bits per heavy atom. The fourth-order valence-corrected chi connectivity index (χ4v) is 2.85. The zero-order chi connectivity index (χ0) is 20.1. The van der Waals surface area contributed by atoms with Gasteiger partial charge in [-0.1, -0.05) is 23.9 Å². The third kappa shape index (κ3) is 4.38. The first-order valence-corrected chi connectivity index (χ1v) is 8.82. The average Bonchev–Trinajstić information content (AvgIpc) is 3.10. The number of thioether (sulfide) groups is 1. The lowest BCUT2D eigenvalue weighted by atomic mass is 10.2. The number of hydrogen-bond donors (Lipinski definition) is 2. The number of hydrogen-bond acceptors (Lipinski definition) is 9. The number of aromatic hydroxyl groups is 1. The highest BCUT2D eigenvalue weighted by molar-refractivity contribution is 7.99. The Hall–Kier alpha value is -3.60. The Balaban J connectivity index is 1.61. The molecule has 0 aliphatic carbocycles. The molecule has 0 saturated carbocycles. The summed E-state index contributed by atoms with van der Waals surface area (Å²) < 4.78 is 10.4. The van der Waals surface area contributed by atoms with Gasteiger partial charge in [-0.2, -0.15) is 5.10 Å². The number of aromatic nitrogens is 1. The predicted molar refractivity (Wildman–Crippen MR) is 102 cm³/mol. The van der Waals surface area contributed by atoms with Gasteiger partial charge in [0.2, 0.25) is 0 Å². The SMILES string of the molecule is COc1cc([N+](=O)[O-])cc(C=NNC(=O)CSc2nc3ccccc3o2)c1O. The fourth-order valence-electron chi connectivity index (χ4n) is 2.22. The number of carbonyl (C=O) groups excluding carboxylic acids is 1. The van der Waals surface area contributed by atoms with Crippen LogP contribution in [0.15, 0.2) is 51.1 Å². The highest BCUT2D eigenvalue weighted by Crippen LogP contribution is 2.33. The Bertz CT molecular complexity index is 1030. The number of amides is 1. The molecule has 0 saturated heterocycles. The Morgan fingerprint density at radius 2 is 2.25 bits per heavy atom. The van der Waals surface area contributed by atoms with Crippen LogP contribution in [0.5, 0.6) is 11.5 Å². The molecular formula is C17H14N4O6S. The fraction of sp³-hybridized carbons (Fsp3) is 0.118. The summed E-state index contributed by atoms with van der Waals surface area (Å²) in [6, 6.07) is 9.42.